The summed E-state index contributed by atoms with van der Waals surface area (Å²) in [7, 11) is 0. The predicted molar refractivity (Wildman–Crippen MR) is 46.6 cm³/mol. The normalized spacial score (nSPS) is 38.5. The van der Waals surface area contributed by atoms with Gasteiger partial charge in [0.2, 0.25) is 0 Å². The van der Waals surface area contributed by atoms with Crippen molar-refractivity contribution in [2.75, 3.05) is 19.6 Å². The van der Waals surface area contributed by atoms with E-state index in [9.17, 15) is 0 Å². The van der Waals surface area contributed by atoms with E-state index in [-0.39, 0.29) is 0 Å². The van der Waals surface area contributed by atoms with Crippen LogP contribution in [0.3, 0.4) is 0 Å². The van der Waals surface area contributed by atoms with Crippen molar-refractivity contribution in [1.82, 2.24) is 10.2 Å². The lowest BCUT2D eigenvalue weighted by Gasteiger charge is -2.51. The molecule has 2 nitrogen and oxygen atoms in total. The van der Waals surface area contributed by atoms with E-state index >= 15 is 0 Å². The third kappa shape index (κ3) is 1.09. The first-order valence-corrected chi connectivity index (χ1v) is 4.56. The highest BCUT2D eigenvalue weighted by atomic mass is 15.3. The summed E-state index contributed by atoms with van der Waals surface area (Å²) in [5.41, 5.74) is 0.382. The van der Waals surface area contributed by atoms with Crippen LogP contribution in [0.2, 0.25) is 0 Å². The molecule has 2 fully saturated rings. The van der Waals surface area contributed by atoms with Gasteiger partial charge in [0, 0.05) is 37.1 Å². The minimum Gasteiger partial charge on any atom is -0.315 e. The lowest BCUT2D eigenvalue weighted by Crippen LogP contribution is -2.62. The monoisotopic (exact) mass is 154 g/mol. The van der Waals surface area contributed by atoms with Crippen LogP contribution in [-0.2, 0) is 0 Å². The van der Waals surface area contributed by atoms with Crippen molar-refractivity contribution >= 4 is 0 Å². The van der Waals surface area contributed by atoms with Gasteiger partial charge in [-0.05, 0) is 20.8 Å². The minimum atomic E-state index is 0.382. The predicted octanol–water partition coefficient (Wildman–Crippen LogP) is 0.688. The van der Waals surface area contributed by atoms with E-state index < -0.39 is 0 Å². The van der Waals surface area contributed by atoms with Crippen molar-refractivity contribution in [2.24, 2.45) is 5.92 Å². The Morgan fingerprint density at radius 1 is 1.27 bits per heavy atom. The molecule has 0 aromatic heterocycles. The highest BCUT2D eigenvalue weighted by Crippen LogP contribution is 2.33. The highest BCUT2D eigenvalue weighted by Gasteiger charge is 2.46. The number of nitrogens with zero attached hydrogens (tertiary/aromatic N) is 1. The molecule has 2 rings (SSSR count). The molecule has 2 aliphatic heterocycles. The fraction of sp³-hybridized carbons (Fsp3) is 1.00. The summed E-state index contributed by atoms with van der Waals surface area (Å²) in [4.78, 5) is 2.61. The zero-order chi connectivity index (χ0) is 8.06. The van der Waals surface area contributed by atoms with E-state index in [1.807, 2.05) is 0 Å². The maximum absolute atomic E-state index is 3.44. The Bertz CT molecular complexity index is 159. The molecule has 0 aliphatic carbocycles. The number of hydrogen-bond donors (Lipinski definition) is 1. The summed E-state index contributed by atoms with van der Waals surface area (Å²) in [5.74, 6) is 0.953. The fourth-order valence-electron chi connectivity index (χ4n) is 2.29. The van der Waals surface area contributed by atoms with Gasteiger partial charge in [-0.3, -0.25) is 4.90 Å². The zero-order valence-electron chi connectivity index (χ0n) is 7.72. The average molecular weight is 154 g/mol. The Kier molecular flexibility index (Phi) is 1.52. The maximum atomic E-state index is 3.44. The molecule has 0 aromatic rings. The molecule has 0 amide bonds. The van der Waals surface area contributed by atoms with Gasteiger partial charge in [-0.1, -0.05) is 0 Å². The Labute approximate surface area is 69.0 Å². The highest BCUT2D eigenvalue weighted by molar-refractivity contribution is 5.03. The molecule has 2 saturated heterocycles. The third-order valence-electron chi connectivity index (χ3n) is 3.00. The van der Waals surface area contributed by atoms with Crippen LogP contribution in [0.25, 0.3) is 0 Å². The van der Waals surface area contributed by atoms with Gasteiger partial charge in [-0.2, -0.15) is 0 Å². The van der Waals surface area contributed by atoms with Gasteiger partial charge in [0.25, 0.3) is 0 Å². The molecule has 0 bridgehead atoms. The molecule has 2 aliphatic rings. The van der Waals surface area contributed by atoms with Crippen molar-refractivity contribution in [2.45, 2.75) is 32.4 Å². The number of rotatable bonds is 0. The van der Waals surface area contributed by atoms with E-state index in [0.29, 0.717) is 5.54 Å². The second-order valence-corrected chi connectivity index (χ2v) is 4.81. The molecule has 0 spiro atoms. The summed E-state index contributed by atoms with van der Waals surface area (Å²) >= 11 is 0. The minimum absolute atomic E-state index is 0.382. The van der Waals surface area contributed by atoms with E-state index in [1.54, 1.807) is 0 Å². The van der Waals surface area contributed by atoms with Gasteiger partial charge in [-0.25, -0.2) is 0 Å². The largest absolute Gasteiger partial charge is 0.315 e. The smallest absolute Gasteiger partial charge is 0.0278 e. The van der Waals surface area contributed by atoms with Gasteiger partial charge in [0.15, 0.2) is 0 Å². The summed E-state index contributed by atoms with van der Waals surface area (Å²) in [6, 6.07) is 0.843. The summed E-state index contributed by atoms with van der Waals surface area (Å²) in [6.45, 7) is 10.7. The topological polar surface area (TPSA) is 15.3 Å². The molecule has 0 unspecified atom stereocenters. The van der Waals surface area contributed by atoms with Gasteiger partial charge < -0.3 is 5.32 Å². The van der Waals surface area contributed by atoms with E-state index in [1.165, 1.54) is 19.6 Å². The van der Waals surface area contributed by atoms with Gasteiger partial charge in [-0.15, -0.1) is 0 Å². The molecule has 64 valence electrons. The lowest BCUT2D eigenvalue weighted by atomic mass is 9.86. The third-order valence-corrected chi connectivity index (χ3v) is 3.00. The van der Waals surface area contributed by atoms with E-state index in [4.69, 9.17) is 0 Å². The first kappa shape index (κ1) is 7.56. The second-order valence-electron chi connectivity index (χ2n) is 4.81. The molecule has 11 heavy (non-hydrogen) atoms. The molecular weight excluding hydrogens is 136 g/mol. The Balaban J connectivity index is 2.00. The van der Waals surface area contributed by atoms with Crippen LogP contribution in [-0.4, -0.2) is 36.1 Å². The van der Waals surface area contributed by atoms with Gasteiger partial charge in [0.1, 0.15) is 0 Å². The van der Waals surface area contributed by atoms with Crippen LogP contribution in [0.4, 0.5) is 0 Å². The molecular formula is C9H18N2. The molecule has 2 heterocycles. The molecule has 0 aromatic carbocycles. The van der Waals surface area contributed by atoms with Gasteiger partial charge in [0.05, 0.1) is 0 Å². The van der Waals surface area contributed by atoms with Crippen molar-refractivity contribution in [1.29, 1.82) is 0 Å². The molecule has 1 N–H and O–H groups in total. The molecule has 0 radical (unpaired) electrons. The number of nitrogens with one attached hydrogen (secondary N) is 1. The Morgan fingerprint density at radius 3 is 2.55 bits per heavy atom. The Morgan fingerprint density at radius 2 is 2.00 bits per heavy atom. The number of fused-ring (bicyclic) bond motifs is 1. The second kappa shape index (κ2) is 2.20. The van der Waals surface area contributed by atoms with Gasteiger partial charge >= 0.3 is 0 Å². The lowest BCUT2D eigenvalue weighted by molar-refractivity contribution is -0.0266. The molecule has 2 atom stereocenters. The van der Waals surface area contributed by atoms with Crippen LogP contribution in [0.5, 0.6) is 0 Å². The summed E-state index contributed by atoms with van der Waals surface area (Å²) < 4.78 is 0. The number of hydrogen-bond acceptors (Lipinski definition) is 2. The van der Waals surface area contributed by atoms with Crippen molar-refractivity contribution in [3.63, 3.8) is 0 Å². The van der Waals surface area contributed by atoms with Crippen molar-refractivity contribution < 1.29 is 0 Å². The molecule has 2 heteroatoms. The zero-order valence-corrected chi connectivity index (χ0v) is 7.72. The number of likely N-dealkylation sites (tertiary alicyclic amines) is 1. The van der Waals surface area contributed by atoms with Crippen LogP contribution < -0.4 is 5.32 Å². The molecule has 0 saturated carbocycles. The maximum Gasteiger partial charge on any atom is 0.0278 e. The summed E-state index contributed by atoms with van der Waals surface area (Å²) in [5, 5.41) is 3.44. The van der Waals surface area contributed by atoms with Crippen LogP contribution in [0, 0.1) is 5.92 Å². The van der Waals surface area contributed by atoms with E-state index in [2.05, 4.69) is 31.0 Å². The first-order chi connectivity index (χ1) is 5.09. The Hall–Kier alpha value is -0.0800. The van der Waals surface area contributed by atoms with Crippen LogP contribution in [0.1, 0.15) is 20.8 Å². The van der Waals surface area contributed by atoms with Crippen molar-refractivity contribution in [3.8, 4) is 0 Å². The fourth-order valence-corrected chi connectivity index (χ4v) is 2.29. The SMILES string of the molecule is CC(C)(C)N1C[C@H]2CNC[C@H]21. The van der Waals surface area contributed by atoms with Crippen molar-refractivity contribution in [3.05, 3.63) is 0 Å². The standard InChI is InChI=1S/C9H18N2/c1-9(2,3)11-6-7-4-10-5-8(7)11/h7-8,10H,4-6H2,1-3H3/t7-,8-/m1/s1. The van der Waals surface area contributed by atoms with E-state index in [0.717, 1.165) is 12.0 Å². The average Bonchev–Trinajstić information content (AvgIpc) is 2.08. The quantitative estimate of drug-likeness (QED) is 0.552. The van der Waals surface area contributed by atoms with Crippen LogP contribution in [0.15, 0.2) is 0 Å². The summed E-state index contributed by atoms with van der Waals surface area (Å²) in [6.07, 6.45) is 0. The first-order valence-electron chi connectivity index (χ1n) is 4.56. The van der Waals surface area contributed by atoms with Crippen LogP contribution >= 0.6 is 0 Å².